The van der Waals surface area contributed by atoms with E-state index in [9.17, 15) is 9.59 Å². The third kappa shape index (κ3) is 5.87. The van der Waals surface area contributed by atoms with Crippen molar-refractivity contribution in [2.45, 2.75) is 25.8 Å². The summed E-state index contributed by atoms with van der Waals surface area (Å²) in [5, 5.41) is 3.55. The molecule has 1 fully saturated rings. The Kier molecular flexibility index (Phi) is 7.36. The molecule has 3 rings (SSSR count). The van der Waals surface area contributed by atoms with E-state index in [4.69, 9.17) is 21.1 Å². The number of ether oxygens (including phenoxy) is 2. The van der Waals surface area contributed by atoms with Crippen molar-refractivity contribution in [2.75, 3.05) is 26.3 Å². The van der Waals surface area contributed by atoms with Crippen molar-refractivity contribution < 1.29 is 19.1 Å². The number of amides is 2. The molecule has 1 aliphatic rings. The van der Waals surface area contributed by atoms with Crippen LogP contribution in [0.15, 0.2) is 48.5 Å². The SMILES string of the molecule is CCOc1ccccc1OCC(=O)N1CCC(NC(=O)c2cccc(Cl)c2)CC1. The number of nitrogens with one attached hydrogen (secondary N) is 1. The first kappa shape index (κ1) is 21.0. The van der Waals surface area contributed by atoms with Crippen LogP contribution in [-0.2, 0) is 4.79 Å². The summed E-state index contributed by atoms with van der Waals surface area (Å²) in [5.41, 5.74) is 0.539. The lowest BCUT2D eigenvalue weighted by Gasteiger charge is -2.32. The first-order valence-electron chi connectivity index (χ1n) is 9.75. The Balaban J connectivity index is 1.45. The average Bonchev–Trinajstić information content (AvgIpc) is 2.73. The molecule has 6 nitrogen and oxygen atoms in total. The maximum absolute atomic E-state index is 12.5. The number of hydrogen-bond acceptors (Lipinski definition) is 4. The van der Waals surface area contributed by atoms with E-state index in [1.54, 1.807) is 35.2 Å². The monoisotopic (exact) mass is 416 g/mol. The molecule has 0 radical (unpaired) electrons. The Morgan fingerprint density at radius 3 is 2.41 bits per heavy atom. The lowest BCUT2D eigenvalue weighted by molar-refractivity contribution is -0.134. The number of halogens is 1. The van der Waals surface area contributed by atoms with Gasteiger partial charge in [0.15, 0.2) is 18.1 Å². The molecule has 29 heavy (non-hydrogen) atoms. The molecule has 1 aliphatic heterocycles. The topological polar surface area (TPSA) is 67.9 Å². The van der Waals surface area contributed by atoms with E-state index in [0.29, 0.717) is 54.6 Å². The fourth-order valence-corrected chi connectivity index (χ4v) is 3.44. The molecule has 0 unspecified atom stereocenters. The lowest BCUT2D eigenvalue weighted by atomic mass is 10.0. The third-order valence-corrected chi connectivity index (χ3v) is 5.00. The van der Waals surface area contributed by atoms with E-state index in [1.165, 1.54) is 0 Å². The summed E-state index contributed by atoms with van der Waals surface area (Å²) in [6, 6.07) is 14.2. The Morgan fingerprint density at radius 2 is 1.76 bits per heavy atom. The molecule has 2 aromatic carbocycles. The number of rotatable bonds is 7. The highest BCUT2D eigenvalue weighted by Gasteiger charge is 2.24. The minimum atomic E-state index is -0.145. The summed E-state index contributed by atoms with van der Waals surface area (Å²) in [6.07, 6.45) is 1.40. The quantitative estimate of drug-likeness (QED) is 0.749. The number of carbonyl (C=O) groups excluding carboxylic acids is 2. The van der Waals surface area contributed by atoms with E-state index in [1.807, 2.05) is 25.1 Å². The van der Waals surface area contributed by atoms with Gasteiger partial charge in [0, 0.05) is 29.7 Å². The van der Waals surface area contributed by atoms with E-state index in [-0.39, 0.29) is 24.5 Å². The van der Waals surface area contributed by atoms with Crippen LogP contribution in [0.2, 0.25) is 5.02 Å². The van der Waals surface area contributed by atoms with Crippen molar-refractivity contribution in [1.82, 2.24) is 10.2 Å². The fraction of sp³-hybridized carbons (Fsp3) is 0.364. The second kappa shape index (κ2) is 10.2. The number of carbonyl (C=O) groups is 2. The van der Waals surface area contributed by atoms with Gasteiger partial charge in [-0.1, -0.05) is 29.8 Å². The highest BCUT2D eigenvalue weighted by molar-refractivity contribution is 6.30. The predicted molar refractivity (Wildman–Crippen MR) is 112 cm³/mol. The van der Waals surface area contributed by atoms with Crippen molar-refractivity contribution in [1.29, 1.82) is 0 Å². The fourth-order valence-electron chi connectivity index (χ4n) is 3.25. The molecule has 1 saturated heterocycles. The van der Waals surface area contributed by atoms with Gasteiger partial charge in [-0.3, -0.25) is 9.59 Å². The minimum Gasteiger partial charge on any atom is -0.490 e. The zero-order valence-corrected chi connectivity index (χ0v) is 17.2. The normalized spacial score (nSPS) is 14.3. The van der Waals surface area contributed by atoms with Gasteiger partial charge in [-0.2, -0.15) is 0 Å². The summed E-state index contributed by atoms with van der Waals surface area (Å²) in [6.45, 7) is 3.55. The summed E-state index contributed by atoms with van der Waals surface area (Å²) in [4.78, 5) is 26.6. The second-order valence-electron chi connectivity index (χ2n) is 6.81. The molecule has 0 aliphatic carbocycles. The maximum atomic E-state index is 12.5. The standard InChI is InChI=1S/C22H25ClN2O4/c1-2-28-19-8-3-4-9-20(19)29-15-21(26)25-12-10-18(11-13-25)24-22(27)16-6-5-7-17(23)14-16/h3-9,14,18H,2,10-13,15H2,1H3,(H,24,27). The van der Waals surface area contributed by atoms with Crippen molar-refractivity contribution in [3.63, 3.8) is 0 Å². The van der Waals surface area contributed by atoms with Gasteiger partial charge < -0.3 is 19.7 Å². The number of piperidine rings is 1. The summed E-state index contributed by atoms with van der Waals surface area (Å²) < 4.78 is 11.2. The number of hydrogen-bond donors (Lipinski definition) is 1. The average molecular weight is 417 g/mol. The van der Waals surface area contributed by atoms with Crippen LogP contribution in [0.5, 0.6) is 11.5 Å². The first-order valence-corrected chi connectivity index (χ1v) is 10.1. The van der Waals surface area contributed by atoms with Crippen molar-refractivity contribution in [3.8, 4) is 11.5 Å². The lowest BCUT2D eigenvalue weighted by Crippen LogP contribution is -2.47. The molecule has 0 atom stereocenters. The van der Waals surface area contributed by atoms with Crippen LogP contribution in [0.25, 0.3) is 0 Å². The van der Waals surface area contributed by atoms with Crippen LogP contribution >= 0.6 is 11.6 Å². The van der Waals surface area contributed by atoms with Gasteiger partial charge in [0.05, 0.1) is 6.61 Å². The van der Waals surface area contributed by atoms with E-state index < -0.39 is 0 Å². The van der Waals surface area contributed by atoms with Gasteiger partial charge in [0.25, 0.3) is 11.8 Å². The highest BCUT2D eigenvalue weighted by Crippen LogP contribution is 2.26. The number of likely N-dealkylation sites (tertiary alicyclic amines) is 1. The van der Waals surface area contributed by atoms with E-state index >= 15 is 0 Å². The molecular weight excluding hydrogens is 392 g/mol. The molecule has 2 aromatic rings. The largest absolute Gasteiger partial charge is 0.490 e. The van der Waals surface area contributed by atoms with Crippen LogP contribution in [0.1, 0.15) is 30.1 Å². The smallest absolute Gasteiger partial charge is 0.260 e. The van der Waals surface area contributed by atoms with Gasteiger partial charge in [0.1, 0.15) is 0 Å². The first-order chi connectivity index (χ1) is 14.1. The van der Waals surface area contributed by atoms with Gasteiger partial charge >= 0.3 is 0 Å². The molecule has 0 bridgehead atoms. The van der Waals surface area contributed by atoms with Crippen LogP contribution in [0.3, 0.4) is 0 Å². The molecule has 154 valence electrons. The van der Waals surface area contributed by atoms with Crippen molar-refractivity contribution >= 4 is 23.4 Å². The van der Waals surface area contributed by atoms with Crippen molar-refractivity contribution in [2.24, 2.45) is 0 Å². The molecule has 2 amide bonds. The molecule has 0 spiro atoms. The Labute approximate surface area is 175 Å². The Hall–Kier alpha value is -2.73. The Morgan fingerprint density at radius 1 is 1.07 bits per heavy atom. The van der Waals surface area contributed by atoms with Crippen LogP contribution in [0.4, 0.5) is 0 Å². The molecule has 1 N–H and O–H groups in total. The molecular formula is C22H25ClN2O4. The second-order valence-corrected chi connectivity index (χ2v) is 7.24. The number of nitrogens with zero attached hydrogens (tertiary/aromatic N) is 1. The van der Waals surface area contributed by atoms with E-state index in [2.05, 4.69) is 5.32 Å². The van der Waals surface area contributed by atoms with Crippen molar-refractivity contribution in [3.05, 3.63) is 59.1 Å². The predicted octanol–water partition coefficient (Wildman–Crippen LogP) is 3.54. The van der Waals surface area contributed by atoms with Gasteiger partial charge in [0.2, 0.25) is 0 Å². The summed E-state index contributed by atoms with van der Waals surface area (Å²) in [5.74, 6) is 0.973. The zero-order valence-electron chi connectivity index (χ0n) is 16.4. The van der Waals surface area contributed by atoms with E-state index in [0.717, 1.165) is 0 Å². The molecule has 0 saturated carbocycles. The molecule has 1 heterocycles. The maximum Gasteiger partial charge on any atom is 0.260 e. The number of para-hydroxylation sites is 2. The van der Waals surface area contributed by atoms with Gasteiger partial charge in [-0.25, -0.2) is 0 Å². The third-order valence-electron chi connectivity index (χ3n) is 4.77. The zero-order chi connectivity index (χ0) is 20.6. The molecule has 0 aromatic heterocycles. The van der Waals surface area contributed by atoms with Crippen LogP contribution in [-0.4, -0.2) is 49.1 Å². The Bertz CT molecular complexity index is 850. The number of benzene rings is 2. The van der Waals surface area contributed by atoms with Gasteiger partial charge in [-0.15, -0.1) is 0 Å². The summed E-state index contributed by atoms with van der Waals surface area (Å²) >= 11 is 5.94. The summed E-state index contributed by atoms with van der Waals surface area (Å²) in [7, 11) is 0. The minimum absolute atomic E-state index is 0.0325. The highest BCUT2D eigenvalue weighted by atomic mass is 35.5. The van der Waals surface area contributed by atoms with Crippen LogP contribution < -0.4 is 14.8 Å². The van der Waals surface area contributed by atoms with Crippen LogP contribution in [0, 0.1) is 0 Å². The molecule has 7 heteroatoms. The van der Waals surface area contributed by atoms with Gasteiger partial charge in [-0.05, 0) is 50.1 Å².